The molecule has 0 spiro atoms. The second-order valence-corrected chi connectivity index (χ2v) is 16.1. The third kappa shape index (κ3) is 5.96. The lowest BCUT2D eigenvalue weighted by atomic mass is 9.93. The smallest absolute Gasteiger partial charge is 0.0640 e. The number of hydrogen-bond acceptors (Lipinski definition) is 1. The highest BCUT2D eigenvalue weighted by Crippen LogP contribution is 2.48. The topological polar surface area (TPSA) is 8.17 Å². The molecule has 11 aromatic carbocycles. The summed E-state index contributed by atoms with van der Waals surface area (Å²) in [7, 11) is 0. The molecule has 0 fully saturated rings. The first-order valence-corrected chi connectivity index (χ1v) is 21.3. The Bertz CT molecular complexity index is 3590. The minimum Gasteiger partial charge on any atom is -0.310 e. The van der Waals surface area contributed by atoms with Crippen molar-refractivity contribution in [2.24, 2.45) is 0 Å². The second-order valence-electron chi connectivity index (χ2n) is 16.1. The van der Waals surface area contributed by atoms with Gasteiger partial charge in [-0.15, -0.1) is 0 Å². The molecule has 0 unspecified atom stereocenters. The Hall–Kier alpha value is -8.20. The summed E-state index contributed by atoms with van der Waals surface area (Å²) in [6.45, 7) is 0. The molecule has 1 heterocycles. The molecule has 0 aliphatic heterocycles. The zero-order valence-electron chi connectivity index (χ0n) is 34.0. The van der Waals surface area contributed by atoms with Crippen molar-refractivity contribution in [1.82, 2.24) is 4.57 Å². The molecule has 62 heavy (non-hydrogen) atoms. The van der Waals surface area contributed by atoms with Gasteiger partial charge in [0, 0.05) is 33.2 Å². The van der Waals surface area contributed by atoms with Gasteiger partial charge in [-0.1, -0.05) is 188 Å². The van der Waals surface area contributed by atoms with E-state index in [1.165, 1.54) is 87.5 Å². The standard InChI is InChI=1S/C60H40N2/c1-4-16-41(17-5-1)42-28-30-43(31-29-42)45-34-37-55-57(39-45)62(49-22-8-3-9-23-49)60-52-25-13-11-19-47(52)40-58(59(55)60)61(48-20-6-2-7-21-48)50-35-32-44(33-36-50)56-38-46-18-10-12-24-51(46)53-26-14-15-27-54(53)56/h1-40H. The Labute approximate surface area is 360 Å². The van der Waals surface area contributed by atoms with Gasteiger partial charge in [0.1, 0.15) is 0 Å². The first kappa shape index (κ1) is 35.7. The Morgan fingerprint density at radius 2 is 0.806 bits per heavy atom. The van der Waals surface area contributed by atoms with E-state index in [0.29, 0.717) is 0 Å². The van der Waals surface area contributed by atoms with Crippen LogP contribution in [-0.2, 0) is 0 Å². The summed E-state index contributed by atoms with van der Waals surface area (Å²) in [6, 6.07) is 88.5. The number of aromatic nitrogens is 1. The molecule has 2 nitrogen and oxygen atoms in total. The zero-order valence-corrected chi connectivity index (χ0v) is 34.0. The summed E-state index contributed by atoms with van der Waals surface area (Å²) in [5, 5.41) is 9.88. The van der Waals surface area contributed by atoms with Gasteiger partial charge in [0.05, 0.1) is 16.7 Å². The average Bonchev–Trinajstić information content (AvgIpc) is 3.70. The highest BCUT2D eigenvalue weighted by Gasteiger charge is 2.24. The maximum atomic E-state index is 2.48. The monoisotopic (exact) mass is 788 g/mol. The average molecular weight is 789 g/mol. The van der Waals surface area contributed by atoms with Crippen molar-refractivity contribution >= 4 is 71.2 Å². The van der Waals surface area contributed by atoms with Gasteiger partial charge in [-0.05, 0) is 115 Å². The van der Waals surface area contributed by atoms with Crippen LogP contribution in [0.5, 0.6) is 0 Å². The van der Waals surface area contributed by atoms with Gasteiger partial charge < -0.3 is 9.47 Å². The zero-order chi connectivity index (χ0) is 41.0. The van der Waals surface area contributed by atoms with Crippen LogP contribution < -0.4 is 4.90 Å². The minimum absolute atomic E-state index is 1.09. The van der Waals surface area contributed by atoms with Crippen LogP contribution in [0, 0.1) is 0 Å². The maximum Gasteiger partial charge on any atom is 0.0640 e. The van der Waals surface area contributed by atoms with E-state index in [4.69, 9.17) is 0 Å². The van der Waals surface area contributed by atoms with Gasteiger partial charge in [-0.2, -0.15) is 0 Å². The van der Waals surface area contributed by atoms with Crippen LogP contribution in [-0.4, -0.2) is 4.57 Å². The van der Waals surface area contributed by atoms with Crippen molar-refractivity contribution in [3.05, 3.63) is 243 Å². The molecule has 0 saturated carbocycles. The van der Waals surface area contributed by atoms with Crippen LogP contribution in [0.3, 0.4) is 0 Å². The normalized spacial score (nSPS) is 11.5. The second kappa shape index (κ2) is 14.8. The van der Waals surface area contributed by atoms with Crippen LogP contribution in [0.25, 0.3) is 93.2 Å². The van der Waals surface area contributed by atoms with Crippen molar-refractivity contribution < 1.29 is 0 Å². The molecule has 0 radical (unpaired) electrons. The van der Waals surface area contributed by atoms with Crippen molar-refractivity contribution in [3.63, 3.8) is 0 Å². The molecule has 0 bridgehead atoms. The largest absolute Gasteiger partial charge is 0.310 e. The van der Waals surface area contributed by atoms with Crippen molar-refractivity contribution in [2.45, 2.75) is 0 Å². The maximum absolute atomic E-state index is 2.48. The molecule has 0 aliphatic rings. The van der Waals surface area contributed by atoms with Crippen LogP contribution in [0.2, 0.25) is 0 Å². The molecule has 290 valence electrons. The van der Waals surface area contributed by atoms with Crippen LogP contribution in [0.15, 0.2) is 243 Å². The summed E-state index contributed by atoms with van der Waals surface area (Å²) >= 11 is 0. The van der Waals surface area contributed by atoms with Gasteiger partial charge in [0.2, 0.25) is 0 Å². The van der Waals surface area contributed by atoms with E-state index in [-0.39, 0.29) is 0 Å². The van der Waals surface area contributed by atoms with Gasteiger partial charge in [0.25, 0.3) is 0 Å². The fraction of sp³-hybridized carbons (Fsp3) is 0. The van der Waals surface area contributed by atoms with Gasteiger partial charge >= 0.3 is 0 Å². The van der Waals surface area contributed by atoms with Crippen LogP contribution in [0.4, 0.5) is 17.1 Å². The Morgan fingerprint density at radius 1 is 0.306 bits per heavy atom. The van der Waals surface area contributed by atoms with E-state index < -0.39 is 0 Å². The number of nitrogens with zero attached hydrogens (tertiary/aromatic N) is 2. The van der Waals surface area contributed by atoms with Crippen LogP contribution in [0.1, 0.15) is 0 Å². The third-order valence-electron chi connectivity index (χ3n) is 12.5. The SMILES string of the molecule is c1ccc(-c2ccc(-c3ccc4c5c(N(c6ccccc6)c6ccc(-c7cc8ccccc8c8ccccc78)cc6)cc6ccccc6c5n(-c5ccccc5)c4c3)cc2)cc1. The Morgan fingerprint density at radius 3 is 1.52 bits per heavy atom. The fourth-order valence-corrected chi connectivity index (χ4v) is 9.63. The minimum atomic E-state index is 1.09. The lowest BCUT2D eigenvalue weighted by molar-refractivity contribution is 1.19. The Balaban J connectivity index is 1.09. The summed E-state index contributed by atoms with van der Waals surface area (Å²) in [5.74, 6) is 0. The molecule has 12 rings (SSSR count). The van der Waals surface area contributed by atoms with Crippen molar-refractivity contribution in [3.8, 4) is 39.1 Å². The van der Waals surface area contributed by atoms with Crippen molar-refractivity contribution in [1.29, 1.82) is 0 Å². The summed E-state index contributed by atoms with van der Waals surface area (Å²) in [6.07, 6.45) is 0. The summed E-state index contributed by atoms with van der Waals surface area (Å²) in [5.41, 5.74) is 14.0. The molecule has 0 N–H and O–H groups in total. The van der Waals surface area contributed by atoms with E-state index in [1.807, 2.05) is 0 Å². The predicted molar refractivity (Wildman–Crippen MR) is 264 cm³/mol. The van der Waals surface area contributed by atoms with Gasteiger partial charge in [0.15, 0.2) is 0 Å². The van der Waals surface area contributed by atoms with Gasteiger partial charge in [-0.25, -0.2) is 0 Å². The van der Waals surface area contributed by atoms with Gasteiger partial charge in [-0.3, -0.25) is 0 Å². The van der Waals surface area contributed by atoms with E-state index >= 15 is 0 Å². The van der Waals surface area contributed by atoms with Crippen LogP contribution >= 0.6 is 0 Å². The quantitative estimate of drug-likeness (QED) is 0.146. The molecule has 12 aromatic rings. The number of hydrogen-bond donors (Lipinski definition) is 0. The number of benzene rings is 11. The predicted octanol–water partition coefficient (Wildman–Crippen LogP) is 16.7. The number of fused-ring (bicyclic) bond motifs is 8. The molecule has 2 heteroatoms. The first-order valence-electron chi connectivity index (χ1n) is 21.3. The molecular formula is C60H40N2. The van der Waals surface area contributed by atoms with E-state index in [1.54, 1.807) is 0 Å². The number of rotatable bonds is 7. The Kier molecular flexibility index (Phi) is 8.53. The molecule has 0 saturated heterocycles. The fourth-order valence-electron chi connectivity index (χ4n) is 9.63. The molecule has 0 aliphatic carbocycles. The molecule has 0 atom stereocenters. The number of para-hydroxylation sites is 2. The highest BCUT2D eigenvalue weighted by molar-refractivity contribution is 6.25. The first-order chi connectivity index (χ1) is 30.8. The number of anilines is 3. The summed E-state index contributed by atoms with van der Waals surface area (Å²) in [4.78, 5) is 2.45. The molecule has 1 aromatic heterocycles. The lowest BCUT2D eigenvalue weighted by Crippen LogP contribution is -2.10. The molecular weight excluding hydrogens is 749 g/mol. The van der Waals surface area contributed by atoms with E-state index in [2.05, 4.69) is 252 Å². The van der Waals surface area contributed by atoms with E-state index in [9.17, 15) is 0 Å². The lowest BCUT2D eigenvalue weighted by Gasteiger charge is -2.27. The highest BCUT2D eigenvalue weighted by atomic mass is 15.1. The summed E-state index contributed by atoms with van der Waals surface area (Å²) < 4.78 is 2.48. The van der Waals surface area contributed by atoms with Crippen molar-refractivity contribution in [2.75, 3.05) is 4.90 Å². The van der Waals surface area contributed by atoms with E-state index in [0.717, 1.165) is 22.7 Å². The third-order valence-corrected chi connectivity index (χ3v) is 12.5. The molecule has 0 amide bonds.